The van der Waals surface area contributed by atoms with Gasteiger partial charge in [0.25, 0.3) is 5.91 Å². The van der Waals surface area contributed by atoms with Gasteiger partial charge < -0.3 is 19.9 Å². The topological polar surface area (TPSA) is 57.7 Å². The molecule has 0 atom stereocenters. The zero-order chi connectivity index (χ0) is 23.5. The minimum atomic E-state index is -0.144. The SMILES string of the molecule is COc1ccc(-c2cc(C(=O)Nc3ccccc3N3CCN(C)CC3)c3ccccc3n2)cc1. The molecule has 0 aliphatic carbocycles. The van der Waals surface area contributed by atoms with E-state index in [0.29, 0.717) is 5.56 Å². The molecule has 1 aliphatic rings. The van der Waals surface area contributed by atoms with Gasteiger partial charge in [-0.1, -0.05) is 30.3 Å². The van der Waals surface area contributed by atoms with E-state index in [-0.39, 0.29) is 5.91 Å². The fourth-order valence-electron chi connectivity index (χ4n) is 4.37. The molecule has 0 unspecified atom stereocenters. The van der Waals surface area contributed by atoms with Crippen molar-refractivity contribution in [3.63, 3.8) is 0 Å². The molecular weight excluding hydrogens is 424 g/mol. The zero-order valence-corrected chi connectivity index (χ0v) is 19.5. The van der Waals surface area contributed by atoms with Gasteiger partial charge >= 0.3 is 0 Å². The van der Waals surface area contributed by atoms with Crippen molar-refractivity contribution in [3.05, 3.63) is 84.4 Å². The summed E-state index contributed by atoms with van der Waals surface area (Å²) in [7, 11) is 3.78. The molecular formula is C28H28N4O2. The van der Waals surface area contributed by atoms with E-state index in [1.165, 1.54) is 0 Å². The largest absolute Gasteiger partial charge is 0.497 e. The average Bonchev–Trinajstić information content (AvgIpc) is 2.89. The Hall–Kier alpha value is -3.90. The summed E-state index contributed by atoms with van der Waals surface area (Å²) < 4.78 is 5.28. The molecule has 1 saturated heterocycles. The minimum absolute atomic E-state index is 0.144. The molecule has 0 radical (unpaired) electrons. The fourth-order valence-corrected chi connectivity index (χ4v) is 4.37. The van der Waals surface area contributed by atoms with Crippen LogP contribution in [0.3, 0.4) is 0 Å². The van der Waals surface area contributed by atoms with Crippen molar-refractivity contribution in [1.29, 1.82) is 0 Å². The Morgan fingerprint density at radius 3 is 2.38 bits per heavy atom. The number of carbonyl (C=O) groups excluding carboxylic acids is 1. The maximum Gasteiger partial charge on any atom is 0.256 e. The van der Waals surface area contributed by atoms with Crippen LogP contribution in [-0.4, -0.2) is 56.1 Å². The standard InChI is InChI=1S/C28H28N4O2/c1-31-15-17-32(18-16-31)27-10-6-5-9-25(27)30-28(33)23-19-26(20-11-13-21(34-2)14-12-20)29-24-8-4-3-7-22(23)24/h3-14,19H,15-18H2,1-2H3,(H,30,33). The molecule has 1 fully saturated rings. The van der Waals surface area contributed by atoms with Crippen LogP contribution in [0.5, 0.6) is 5.75 Å². The molecule has 1 amide bonds. The number of carbonyl (C=O) groups is 1. The number of fused-ring (bicyclic) bond motifs is 1. The molecule has 0 spiro atoms. The molecule has 4 aromatic rings. The van der Waals surface area contributed by atoms with Gasteiger partial charge in [-0.25, -0.2) is 4.98 Å². The predicted molar refractivity (Wildman–Crippen MR) is 138 cm³/mol. The third-order valence-corrected chi connectivity index (χ3v) is 6.34. The highest BCUT2D eigenvalue weighted by Gasteiger charge is 2.19. The molecule has 0 saturated carbocycles. The number of aromatic nitrogens is 1. The summed E-state index contributed by atoms with van der Waals surface area (Å²) in [5.74, 6) is 0.637. The van der Waals surface area contributed by atoms with Crippen LogP contribution in [0.4, 0.5) is 11.4 Å². The number of para-hydroxylation sites is 3. The predicted octanol–water partition coefficient (Wildman–Crippen LogP) is 4.91. The quantitative estimate of drug-likeness (QED) is 0.466. The van der Waals surface area contributed by atoms with Crippen molar-refractivity contribution >= 4 is 28.2 Å². The first-order valence-corrected chi connectivity index (χ1v) is 11.5. The molecule has 6 heteroatoms. The van der Waals surface area contributed by atoms with E-state index in [2.05, 4.69) is 28.2 Å². The summed E-state index contributed by atoms with van der Waals surface area (Å²) >= 11 is 0. The lowest BCUT2D eigenvalue weighted by Gasteiger charge is -2.35. The van der Waals surface area contributed by atoms with Crippen molar-refractivity contribution < 1.29 is 9.53 Å². The van der Waals surface area contributed by atoms with Gasteiger partial charge in [-0.2, -0.15) is 0 Å². The first-order chi connectivity index (χ1) is 16.6. The highest BCUT2D eigenvalue weighted by Crippen LogP contribution is 2.30. The number of piperazine rings is 1. The van der Waals surface area contributed by atoms with E-state index in [4.69, 9.17) is 9.72 Å². The number of anilines is 2. The molecule has 1 aliphatic heterocycles. The number of likely N-dealkylation sites (N-methyl/N-ethyl adjacent to an activating group) is 1. The van der Waals surface area contributed by atoms with Crippen LogP contribution in [-0.2, 0) is 0 Å². The first-order valence-electron chi connectivity index (χ1n) is 11.5. The van der Waals surface area contributed by atoms with Crippen LogP contribution < -0.4 is 15.0 Å². The maximum absolute atomic E-state index is 13.6. The summed E-state index contributed by atoms with van der Waals surface area (Å²) in [6, 6.07) is 25.4. The van der Waals surface area contributed by atoms with Gasteiger partial charge in [0.05, 0.1) is 35.3 Å². The van der Waals surface area contributed by atoms with Gasteiger partial charge in [-0.3, -0.25) is 4.79 Å². The molecule has 2 heterocycles. The second kappa shape index (κ2) is 9.53. The molecule has 0 bridgehead atoms. The number of methoxy groups -OCH3 is 1. The molecule has 6 nitrogen and oxygen atoms in total. The van der Waals surface area contributed by atoms with Gasteiger partial charge in [0.1, 0.15) is 5.75 Å². The van der Waals surface area contributed by atoms with Crippen LogP contribution in [0.25, 0.3) is 22.2 Å². The second-order valence-electron chi connectivity index (χ2n) is 8.56. The number of amides is 1. The summed E-state index contributed by atoms with van der Waals surface area (Å²) in [6.45, 7) is 3.87. The van der Waals surface area contributed by atoms with E-state index >= 15 is 0 Å². The average molecular weight is 453 g/mol. The van der Waals surface area contributed by atoms with Crippen LogP contribution in [0.15, 0.2) is 78.9 Å². The second-order valence-corrected chi connectivity index (χ2v) is 8.56. The highest BCUT2D eigenvalue weighted by molar-refractivity contribution is 6.14. The Bertz CT molecular complexity index is 1310. The monoisotopic (exact) mass is 452 g/mol. The highest BCUT2D eigenvalue weighted by atomic mass is 16.5. The number of rotatable bonds is 5. The van der Waals surface area contributed by atoms with Crippen molar-refractivity contribution in [3.8, 4) is 17.0 Å². The summed E-state index contributed by atoms with van der Waals surface area (Å²) in [4.78, 5) is 23.1. The van der Waals surface area contributed by atoms with Crippen molar-refractivity contribution in [2.24, 2.45) is 0 Å². The van der Waals surface area contributed by atoms with Gasteiger partial charge in [0.2, 0.25) is 0 Å². The molecule has 172 valence electrons. The normalized spacial score (nSPS) is 14.2. The maximum atomic E-state index is 13.6. The van der Waals surface area contributed by atoms with E-state index in [1.54, 1.807) is 7.11 Å². The van der Waals surface area contributed by atoms with E-state index in [9.17, 15) is 4.79 Å². The van der Waals surface area contributed by atoms with Gasteiger partial charge in [0, 0.05) is 37.1 Å². The lowest BCUT2D eigenvalue weighted by molar-refractivity contribution is 0.102. The molecule has 3 aromatic carbocycles. The third-order valence-electron chi connectivity index (χ3n) is 6.34. The zero-order valence-electron chi connectivity index (χ0n) is 19.5. The van der Waals surface area contributed by atoms with Crippen LogP contribution >= 0.6 is 0 Å². The van der Waals surface area contributed by atoms with E-state index in [0.717, 1.165) is 65.5 Å². The van der Waals surface area contributed by atoms with Gasteiger partial charge in [0.15, 0.2) is 0 Å². The van der Waals surface area contributed by atoms with Gasteiger partial charge in [-0.15, -0.1) is 0 Å². The molecule has 1 aromatic heterocycles. The first kappa shape index (κ1) is 21.9. The van der Waals surface area contributed by atoms with Crippen molar-refractivity contribution in [2.45, 2.75) is 0 Å². The fraction of sp³-hybridized carbons (Fsp3) is 0.214. The van der Waals surface area contributed by atoms with Crippen LogP contribution in [0.1, 0.15) is 10.4 Å². The number of hydrogen-bond donors (Lipinski definition) is 1. The lowest BCUT2D eigenvalue weighted by atomic mass is 10.0. The molecule has 1 N–H and O–H groups in total. The number of hydrogen-bond acceptors (Lipinski definition) is 5. The van der Waals surface area contributed by atoms with Crippen LogP contribution in [0.2, 0.25) is 0 Å². The lowest BCUT2D eigenvalue weighted by Crippen LogP contribution is -2.44. The Morgan fingerprint density at radius 2 is 1.62 bits per heavy atom. The van der Waals surface area contributed by atoms with Crippen molar-refractivity contribution in [1.82, 2.24) is 9.88 Å². The smallest absolute Gasteiger partial charge is 0.256 e. The Morgan fingerprint density at radius 1 is 0.912 bits per heavy atom. The Labute approximate surface area is 199 Å². The number of nitrogens with zero attached hydrogens (tertiary/aromatic N) is 3. The molecule has 34 heavy (non-hydrogen) atoms. The number of ether oxygens (including phenoxy) is 1. The Balaban J connectivity index is 1.50. The summed E-state index contributed by atoms with van der Waals surface area (Å²) in [5, 5.41) is 4.01. The molecule has 5 rings (SSSR count). The summed E-state index contributed by atoms with van der Waals surface area (Å²) in [6.07, 6.45) is 0. The number of benzene rings is 3. The minimum Gasteiger partial charge on any atom is -0.497 e. The third kappa shape index (κ3) is 4.45. The van der Waals surface area contributed by atoms with Crippen LogP contribution in [0, 0.1) is 0 Å². The summed E-state index contributed by atoms with van der Waals surface area (Å²) in [5.41, 5.74) is 4.94. The van der Waals surface area contributed by atoms with Crippen molar-refractivity contribution in [2.75, 3.05) is 50.6 Å². The van der Waals surface area contributed by atoms with E-state index in [1.807, 2.05) is 72.8 Å². The van der Waals surface area contributed by atoms with Gasteiger partial charge in [-0.05, 0) is 55.6 Å². The number of pyridine rings is 1. The van der Waals surface area contributed by atoms with E-state index < -0.39 is 0 Å². The number of nitrogens with one attached hydrogen (secondary N) is 1. The Kier molecular flexibility index (Phi) is 6.14.